The van der Waals surface area contributed by atoms with Gasteiger partial charge in [0.05, 0.1) is 12.1 Å². The lowest BCUT2D eigenvalue weighted by Gasteiger charge is -2.01. The molecule has 6 heteroatoms. The molecule has 2 N–H and O–H groups in total. The first-order valence-electron chi connectivity index (χ1n) is 5.32. The number of nitrogens with one attached hydrogen (secondary N) is 1. The summed E-state index contributed by atoms with van der Waals surface area (Å²) in [7, 11) is 0. The summed E-state index contributed by atoms with van der Waals surface area (Å²) in [5, 5.41) is 14.0. The van der Waals surface area contributed by atoms with Crippen molar-refractivity contribution in [3.63, 3.8) is 0 Å². The number of nitrogens with zero attached hydrogens (tertiary/aromatic N) is 1. The van der Waals surface area contributed by atoms with Crippen LogP contribution in [0.5, 0.6) is 0 Å². The Morgan fingerprint density at radius 2 is 2.33 bits per heavy atom. The highest BCUT2D eigenvalue weighted by Crippen LogP contribution is 2.21. The number of hydrogen-bond acceptors (Lipinski definition) is 4. The number of rotatable bonds is 5. The highest BCUT2D eigenvalue weighted by atomic mass is 32.1. The van der Waals surface area contributed by atoms with E-state index in [1.54, 1.807) is 17.5 Å². The third-order valence-corrected chi connectivity index (χ3v) is 3.03. The molecule has 0 aliphatic heterocycles. The topological polar surface area (TPSA) is 62.2 Å². The van der Waals surface area contributed by atoms with Gasteiger partial charge in [-0.3, -0.25) is 4.79 Å². The fourth-order valence-electron chi connectivity index (χ4n) is 1.40. The van der Waals surface area contributed by atoms with Gasteiger partial charge in [0, 0.05) is 17.5 Å². The van der Waals surface area contributed by atoms with Crippen LogP contribution in [0.4, 0.5) is 15.2 Å². The molecule has 0 spiro atoms. The maximum absolute atomic E-state index is 13.0. The van der Waals surface area contributed by atoms with Gasteiger partial charge >= 0.3 is 5.97 Å². The molecule has 0 fully saturated rings. The first-order valence-corrected chi connectivity index (χ1v) is 6.20. The number of hydrogen-bond donors (Lipinski definition) is 2. The second-order valence-electron chi connectivity index (χ2n) is 3.67. The number of carboxylic acid groups (broad SMARTS) is 1. The molecule has 0 saturated carbocycles. The molecule has 1 aromatic heterocycles. The zero-order valence-electron chi connectivity index (χ0n) is 9.39. The number of anilines is 2. The van der Waals surface area contributed by atoms with E-state index in [0.717, 1.165) is 5.69 Å². The van der Waals surface area contributed by atoms with Crippen molar-refractivity contribution in [3.8, 4) is 0 Å². The van der Waals surface area contributed by atoms with Crippen molar-refractivity contribution in [2.24, 2.45) is 0 Å². The van der Waals surface area contributed by atoms with Crippen LogP contribution in [0, 0.1) is 5.82 Å². The van der Waals surface area contributed by atoms with Crippen molar-refractivity contribution >= 4 is 28.1 Å². The van der Waals surface area contributed by atoms with Crippen molar-refractivity contribution in [1.82, 2.24) is 4.98 Å². The summed E-state index contributed by atoms with van der Waals surface area (Å²) in [6.45, 7) is 0. The van der Waals surface area contributed by atoms with E-state index in [2.05, 4.69) is 10.3 Å². The van der Waals surface area contributed by atoms with Crippen LogP contribution in [0.15, 0.2) is 29.6 Å². The lowest BCUT2D eigenvalue weighted by atomic mass is 10.2. The Balaban J connectivity index is 2.00. The summed E-state index contributed by atoms with van der Waals surface area (Å²) in [4.78, 5) is 14.7. The number of aliphatic carboxylic acids is 1. The fraction of sp³-hybridized carbons (Fsp3) is 0.167. The van der Waals surface area contributed by atoms with Gasteiger partial charge in [-0.25, -0.2) is 9.37 Å². The molecule has 0 amide bonds. The summed E-state index contributed by atoms with van der Waals surface area (Å²) < 4.78 is 13.0. The molecule has 2 aromatic rings. The van der Waals surface area contributed by atoms with E-state index in [9.17, 15) is 9.18 Å². The Labute approximate surface area is 107 Å². The molecule has 0 bridgehead atoms. The van der Waals surface area contributed by atoms with Gasteiger partial charge in [0.2, 0.25) is 0 Å². The highest BCUT2D eigenvalue weighted by molar-refractivity contribution is 7.13. The molecule has 0 saturated heterocycles. The zero-order chi connectivity index (χ0) is 13.0. The minimum atomic E-state index is -0.845. The average molecular weight is 266 g/mol. The van der Waals surface area contributed by atoms with Gasteiger partial charge in [0.1, 0.15) is 5.82 Å². The fourth-order valence-corrected chi connectivity index (χ4v) is 2.17. The quantitative estimate of drug-likeness (QED) is 0.873. The predicted molar refractivity (Wildman–Crippen MR) is 67.8 cm³/mol. The van der Waals surface area contributed by atoms with E-state index in [4.69, 9.17) is 5.11 Å². The SMILES string of the molecule is O=C(O)CCc1csc(Nc2cccc(F)c2)n1. The minimum absolute atomic E-state index is 0.0587. The number of thiazole rings is 1. The minimum Gasteiger partial charge on any atom is -0.481 e. The second kappa shape index (κ2) is 5.59. The zero-order valence-corrected chi connectivity index (χ0v) is 10.2. The van der Waals surface area contributed by atoms with Crippen LogP contribution in [0.3, 0.4) is 0 Å². The maximum Gasteiger partial charge on any atom is 0.303 e. The first-order chi connectivity index (χ1) is 8.63. The molecule has 0 aliphatic rings. The average Bonchev–Trinajstić information content (AvgIpc) is 2.74. The molecule has 18 heavy (non-hydrogen) atoms. The van der Waals surface area contributed by atoms with Crippen molar-refractivity contribution in [2.75, 3.05) is 5.32 Å². The van der Waals surface area contributed by atoms with E-state index in [0.29, 0.717) is 17.2 Å². The van der Waals surface area contributed by atoms with Crippen LogP contribution in [0.2, 0.25) is 0 Å². The molecule has 94 valence electrons. The summed E-state index contributed by atoms with van der Waals surface area (Å²) in [6.07, 6.45) is 0.458. The molecular weight excluding hydrogens is 255 g/mol. The number of carboxylic acids is 1. The molecule has 0 unspecified atom stereocenters. The normalized spacial score (nSPS) is 10.3. The summed E-state index contributed by atoms with van der Waals surface area (Å²) in [5.74, 6) is -1.16. The van der Waals surface area contributed by atoms with Crippen LogP contribution in [-0.4, -0.2) is 16.1 Å². The number of halogens is 1. The smallest absolute Gasteiger partial charge is 0.303 e. The Morgan fingerprint density at radius 3 is 3.06 bits per heavy atom. The number of aromatic nitrogens is 1. The van der Waals surface area contributed by atoms with Crippen LogP contribution in [-0.2, 0) is 11.2 Å². The Morgan fingerprint density at radius 1 is 1.50 bits per heavy atom. The van der Waals surface area contributed by atoms with Crippen molar-refractivity contribution < 1.29 is 14.3 Å². The molecular formula is C12H11FN2O2S. The molecule has 4 nitrogen and oxygen atoms in total. The second-order valence-corrected chi connectivity index (χ2v) is 4.53. The Kier molecular flexibility index (Phi) is 3.88. The third-order valence-electron chi connectivity index (χ3n) is 2.22. The van der Waals surface area contributed by atoms with E-state index < -0.39 is 5.97 Å². The van der Waals surface area contributed by atoms with Gasteiger partial charge in [-0.05, 0) is 18.2 Å². The third kappa shape index (κ3) is 3.53. The van der Waals surface area contributed by atoms with Gasteiger partial charge in [-0.1, -0.05) is 6.07 Å². The van der Waals surface area contributed by atoms with E-state index in [1.165, 1.54) is 23.5 Å². The van der Waals surface area contributed by atoms with Gasteiger partial charge in [-0.2, -0.15) is 0 Å². The lowest BCUT2D eigenvalue weighted by Crippen LogP contribution is -1.98. The molecule has 0 atom stereocenters. The van der Waals surface area contributed by atoms with Crippen LogP contribution < -0.4 is 5.32 Å². The van der Waals surface area contributed by atoms with Gasteiger partial charge in [0.25, 0.3) is 0 Å². The van der Waals surface area contributed by atoms with Crippen molar-refractivity contribution in [2.45, 2.75) is 12.8 Å². The van der Waals surface area contributed by atoms with Gasteiger partial charge < -0.3 is 10.4 Å². The van der Waals surface area contributed by atoms with Crippen LogP contribution >= 0.6 is 11.3 Å². The Bertz CT molecular complexity index is 557. The standard InChI is InChI=1S/C12H11FN2O2S/c13-8-2-1-3-9(6-8)14-12-15-10(7-18-12)4-5-11(16)17/h1-3,6-7H,4-5H2,(H,14,15)(H,16,17). The number of benzene rings is 1. The Hall–Kier alpha value is -1.95. The predicted octanol–water partition coefficient (Wildman–Crippen LogP) is 3.04. The number of aryl methyl sites for hydroxylation is 1. The summed E-state index contributed by atoms with van der Waals surface area (Å²) >= 11 is 1.36. The van der Waals surface area contributed by atoms with Gasteiger partial charge in [-0.15, -0.1) is 11.3 Å². The molecule has 0 aliphatic carbocycles. The van der Waals surface area contributed by atoms with E-state index in [1.807, 2.05) is 0 Å². The molecule has 1 heterocycles. The van der Waals surface area contributed by atoms with Crippen molar-refractivity contribution in [3.05, 3.63) is 41.2 Å². The van der Waals surface area contributed by atoms with Crippen LogP contribution in [0.25, 0.3) is 0 Å². The maximum atomic E-state index is 13.0. The molecule has 0 radical (unpaired) electrons. The summed E-state index contributed by atoms with van der Waals surface area (Å²) in [6, 6.07) is 6.08. The molecule has 1 aromatic carbocycles. The van der Waals surface area contributed by atoms with Gasteiger partial charge in [0.15, 0.2) is 5.13 Å². The van der Waals surface area contributed by atoms with E-state index in [-0.39, 0.29) is 12.2 Å². The largest absolute Gasteiger partial charge is 0.481 e. The highest BCUT2D eigenvalue weighted by Gasteiger charge is 2.05. The summed E-state index contributed by atoms with van der Waals surface area (Å²) in [5.41, 5.74) is 1.34. The van der Waals surface area contributed by atoms with Crippen molar-refractivity contribution in [1.29, 1.82) is 0 Å². The lowest BCUT2D eigenvalue weighted by molar-refractivity contribution is -0.136. The van der Waals surface area contributed by atoms with E-state index >= 15 is 0 Å². The monoisotopic (exact) mass is 266 g/mol. The van der Waals surface area contributed by atoms with Crippen LogP contribution in [0.1, 0.15) is 12.1 Å². The first kappa shape index (κ1) is 12.5. The number of carbonyl (C=O) groups is 1. The molecule has 2 rings (SSSR count).